The van der Waals surface area contributed by atoms with Gasteiger partial charge in [-0.05, 0) is 36.2 Å². The molecule has 1 aromatic rings. The molecule has 0 fully saturated rings. The van der Waals surface area contributed by atoms with Crippen LogP contribution >= 0.6 is 15.9 Å². The van der Waals surface area contributed by atoms with Crippen LogP contribution in [0.4, 0.5) is 0 Å². The first-order chi connectivity index (χ1) is 8.42. The van der Waals surface area contributed by atoms with Gasteiger partial charge in [0.1, 0.15) is 19.0 Å². The monoisotopic (exact) mass is 315 g/mol. The summed E-state index contributed by atoms with van der Waals surface area (Å²) in [6.45, 7) is 5.07. The summed E-state index contributed by atoms with van der Waals surface area (Å²) in [4.78, 5) is 0. The molecule has 1 heterocycles. The molecule has 1 aliphatic rings. The molecule has 0 atom stereocenters. The number of fused-ring (bicyclic) bond motifs is 1. The van der Waals surface area contributed by atoms with E-state index >= 15 is 0 Å². The van der Waals surface area contributed by atoms with Gasteiger partial charge in [-0.3, -0.25) is 0 Å². The topological polar surface area (TPSA) is 53.7 Å². The highest BCUT2D eigenvalue weighted by Crippen LogP contribution is 2.45. The third-order valence-electron chi connectivity index (χ3n) is 2.67. The van der Waals surface area contributed by atoms with Crippen LogP contribution in [0.2, 0.25) is 0 Å². The van der Waals surface area contributed by atoms with Crippen LogP contribution < -0.4 is 19.9 Å². The van der Waals surface area contributed by atoms with E-state index in [4.69, 9.17) is 19.9 Å². The third-order valence-corrected chi connectivity index (χ3v) is 3.26. The van der Waals surface area contributed by atoms with Crippen LogP contribution in [0.3, 0.4) is 0 Å². The molecule has 0 spiro atoms. The fraction of sp³-hybridized carbons (Fsp3) is 0.538. The van der Waals surface area contributed by atoms with Gasteiger partial charge in [0.05, 0.1) is 11.6 Å². The molecule has 2 N–H and O–H groups in total. The molecule has 0 radical (unpaired) electrons. The lowest BCUT2D eigenvalue weighted by atomic mass is 9.94. The summed E-state index contributed by atoms with van der Waals surface area (Å²) < 4.78 is 17.6. The van der Waals surface area contributed by atoms with E-state index in [-0.39, 0.29) is 5.54 Å². The van der Waals surface area contributed by atoms with E-state index in [1.54, 1.807) is 7.11 Å². The Balaban J connectivity index is 2.54. The molecule has 5 heteroatoms. The van der Waals surface area contributed by atoms with E-state index in [2.05, 4.69) is 15.9 Å². The summed E-state index contributed by atoms with van der Waals surface area (Å²) >= 11 is 3.49. The second kappa shape index (κ2) is 4.97. The van der Waals surface area contributed by atoms with E-state index in [0.717, 1.165) is 27.3 Å². The van der Waals surface area contributed by atoms with Gasteiger partial charge in [-0.2, -0.15) is 0 Å². The summed E-state index contributed by atoms with van der Waals surface area (Å²) in [7, 11) is 1.64. The number of halogens is 1. The molecule has 0 amide bonds. The number of benzene rings is 1. The van der Waals surface area contributed by atoms with Crippen molar-refractivity contribution in [3.05, 3.63) is 16.1 Å². The zero-order chi connectivity index (χ0) is 13.3. The zero-order valence-electron chi connectivity index (χ0n) is 10.9. The summed E-state index contributed by atoms with van der Waals surface area (Å²) in [5, 5.41) is 0. The van der Waals surface area contributed by atoms with Gasteiger partial charge in [0.25, 0.3) is 0 Å². The van der Waals surface area contributed by atoms with Crippen LogP contribution in [0.25, 0.3) is 0 Å². The second-order valence-electron chi connectivity index (χ2n) is 5.06. The molecular formula is C13H18BrNO3. The highest BCUT2D eigenvalue weighted by atomic mass is 79.9. The Bertz CT molecular complexity index is 455. The van der Waals surface area contributed by atoms with Crippen molar-refractivity contribution < 1.29 is 14.2 Å². The summed E-state index contributed by atoms with van der Waals surface area (Å²) in [5.74, 6) is 2.26. The van der Waals surface area contributed by atoms with Crippen LogP contribution in [0.5, 0.6) is 17.2 Å². The fourth-order valence-corrected chi connectivity index (χ4v) is 2.65. The molecule has 0 bridgehead atoms. The molecule has 0 aromatic heterocycles. The molecule has 0 saturated heterocycles. The third kappa shape index (κ3) is 2.72. The average molecular weight is 316 g/mol. The molecular weight excluding hydrogens is 298 g/mol. The summed E-state index contributed by atoms with van der Waals surface area (Å²) in [6.07, 6.45) is 0.654. The Kier molecular flexibility index (Phi) is 3.73. The van der Waals surface area contributed by atoms with Crippen LogP contribution in [-0.4, -0.2) is 25.9 Å². The first kappa shape index (κ1) is 13.5. The van der Waals surface area contributed by atoms with E-state index in [0.29, 0.717) is 19.6 Å². The van der Waals surface area contributed by atoms with Crippen LogP contribution in [0.15, 0.2) is 10.5 Å². The first-order valence-corrected chi connectivity index (χ1v) is 6.65. The molecule has 100 valence electrons. The standard InChI is InChI=1S/C13H18BrNO3/c1-13(2,15)7-8-11(16-3)9(14)6-10-12(8)18-5-4-17-10/h6H,4-5,7,15H2,1-3H3. The van der Waals surface area contributed by atoms with E-state index < -0.39 is 0 Å². The number of hydrogen-bond acceptors (Lipinski definition) is 4. The van der Waals surface area contributed by atoms with Crippen LogP contribution in [0.1, 0.15) is 19.4 Å². The zero-order valence-corrected chi connectivity index (χ0v) is 12.5. The minimum Gasteiger partial charge on any atom is -0.495 e. The molecule has 0 aliphatic carbocycles. The van der Waals surface area contributed by atoms with Gasteiger partial charge in [-0.1, -0.05) is 0 Å². The van der Waals surface area contributed by atoms with Gasteiger partial charge in [-0.15, -0.1) is 0 Å². The number of nitrogens with two attached hydrogens (primary N) is 1. The predicted octanol–water partition coefficient (Wildman–Crippen LogP) is 2.51. The van der Waals surface area contributed by atoms with Gasteiger partial charge < -0.3 is 19.9 Å². The number of hydrogen-bond donors (Lipinski definition) is 1. The van der Waals surface area contributed by atoms with E-state index in [9.17, 15) is 0 Å². The van der Waals surface area contributed by atoms with Crippen molar-refractivity contribution in [1.29, 1.82) is 0 Å². The van der Waals surface area contributed by atoms with Gasteiger partial charge in [0.15, 0.2) is 11.5 Å². The SMILES string of the molecule is COc1c(Br)cc2c(c1CC(C)(C)N)OCCO2. The second-order valence-corrected chi connectivity index (χ2v) is 5.91. The largest absolute Gasteiger partial charge is 0.495 e. The lowest BCUT2D eigenvalue weighted by molar-refractivity contribution is 0.168. The molecule has 1 aromatic carbocycles. The van der Waals surface area contributed by atoms with Gasteiger partial charge >= 0.3 is 0 Å². The molecule has 4 nitrogen and oxygen atoms in total. The minimum atomic E-state index is -0.345. The average Bonchev–Trinajstić information content (AvgIpc) is 2.27. The lowest BCUT2D eigenvalue weighted by Gasteiger charge is -2.27. The Morgan fingerprint density at radius 3 is 2.67 bits per heavy atom. The first-order valence-electron chi connectivity index (χ1n) is 5.86. The van der Waals surface area contributed by atoms with E-state index in [1.165, 1.54) is 0 Å². The van der Waals surface area contributed by atoms with Crippen molar-refractivity contribution in [2.24, 2.45) is 5.73 Å². The maximum atomic E-state index is 6.11. The lowest BCUT2D eigenvalue weighted by Crippen LogP contribution is -2.35. The molecule has 0 unspecified atom stereocenters. The van der Waals surface area contributed by atoms with Gasteiger partial charge in [-0.25, -0.2) is 0 Å². The van der Waals surface area contributed by atoms with Crippen LogP contribution in [-0.2, 0) is 6.42 Å². The highest BCUT2D eigenvalue weighted by Gasteiger charge is 2.26. The Morgan fingerprint density at radius 1 is 1.39 bits per heavy atom. The molecule has 1 aliphatic heterocycles. The van der Waals surface area contributed by atoms with Gasteiger partial charge in [0, 0.05) is 17.2 Å². The maximum absolute atomic E-state index is 6.11. The fourth-order valence-electron chi connectivity index (χ4n) is 2.04. The smallest absolute Gasteiger partial charge is 0.168 e. The maximum Gasteiger partial charge on any atom is 0.168 e. The van der Waals surface area contributed by atoms with Crippen molar-refractivity contribution >= 4 is 15.9 Å². The van der Waals surface area contributed by atoms with Crippen LogP contribution in [0, 0.1) is 0 Å². The van der Waals surface area contributed by atoms with Crippen molar-refractivity contribution in [2.45, 2.75) is 25.8 Å². The number of rotatable bonds is 3. The Hall–Kier alpha value is -0.940. The van der Waals surface area contributed by atoms with E-state index in [1.807, 2.05) is 19.9 Å². The Labute approximate surface area is 116 Å². The number of methoxy groups -OCH3 is 1. The van der Waals surface area contributed by atoms with Crippen molar-refractivity contribution in [2.75, 3.05) is 20.3 Å². The Morgan fingerprint density at radius 2 is 2.06 bits per heavy atom. The normalized spacial score (nSPS) is 14.5. The summed E-state index contributed by atoms with van der Waals surface area (Å²) in [6, 6.07) is 1.88. The van der Waals surface area contributed by atoms with Crippen molar-refractivity contribution in [1.82, 2.24) is 0 Å². The number of ether oxygens (including phenoxy) is 3. The van der Waals surface area contributed by atoms with Gasteiger partial charge in [0.2, 0.25) is 0 Å². The predicted molar refractivity (Wildman–Crippen MR) is 73.7 cm³/mol. The summed E-state index contributed by atoms with van der Waals surface area (Å²) in [5.41, 5.74) is 6.72. The van der Waals surface area contributed by atoms with Crippen molar-refractivity contribution in [3.8, 4) is 17.2 Å². The minimum absolute atomic E-state index is 0.345. The van der Waals surface area contributed by atoms with Crippen molar-refractivity contribution in [3.63, 3.8) is 0 Å². The molecule has 0 saturated carbocycles. The molecule has 2 rings (SSSR count). The highest BCUT2D eigenvalue weighted by molar-refractivity contribution is 9.10. The quantitative estimate of drug-likeness (QED) is 0.931. The molecule has 18 heavy (non-hydrogen) atoms.